The Hall–Kier alpha value is -0.330. The lowest BCUT2D eigenvalue weighted by Gasteiger charge is -2.23. The highest BCUT2D eigenvalue weighted by atomic mass is 35.5. The number of benzene rings is 1. The maximum absolute atomic E-state index is 12.8. The van der Waals surface area contributed by atoms with E-state index in [9.17, 15) is 8.42 Å². The fraction of sp³-hybridized carbons (Fsp3) is 0.600. The van der Waals surface area contributed by atoms with Crippen LogP contribution in [0, 0.1) is 5.41 Å². The van der Waals surface area contributed by atoms with Crippen LogP contribution in [0.1, 0.15) is 32.3 Å². The Morgan fingerprint density at radius 3 is 2.64 bits per heavy atom. The summed E-state index contributed by atoms with van der Waals surface area (Å²) < 4.78 is 27.1. The van der Waals surface area contributed by atoms with E-state index < -0.39 is 10.0 Å². The number of halogens is 2. The molecule has 0 amide bonds. The van der Waals surface area contributed by atoms with Crippen molar-refractivity contribution in [3.63, 3.8) is 0 Å². The molecular weight excluding hydrogens is 343 g/mol. The lowest BCUT2D eigenvalue weighted by atomic mass is 9.90. The molecule has 7 heteroatoms. The smallest absolute Gasteiger partial charge is 0.244 e. The highest BCUT2D eigenvalue weighted by Gasteiger charge is 2.39. The minimum atomic E-state index is -3.55. The van der Waals surface area contributed by atoms with E-state index >= 15 is 0 Å². The molecule has 1 fully saturated rings. The zero-order valence-electron chi connectivity index (χ0n) is 13.0. The Kier molecular flexibility index (Phi) is 6.72. The maximum Gasteiger partial charge on any atom is 0.244 e. The van der Waals surface area contributed by atoms with Crippen LogP contribution in [0.2, 0.25) is 5.02 Å². The van der Waals surface area contributed by atoms with Crippen molar-refractivity contribution in [2.45, 2.75) is 38.0 Å². The van der Waals surface area contributed by atoms with Gasteiger partial charge in [-0.25, -0.2) is 8.42 Å². The summed E-state index contributed by atoms with van der Waals surface area (Å²) >= 11 is 6.13. The first kappa shape index (κ1) is 19.7. The fourth-order valence-corrected chi connectivity index (χ4v) is 4.80. The predicted molar refractivity (Wildman–Crippen MR) is 93.2 cm³/mol. The fourth-order valence-electron chi connectivity index (χ4n) is 2.68. The summed E-state index contributed by atoms with van der Waals surface area (Å²) in [5, 5.41) is 0.288. The molecule has 1 aromatic rings. The summed E-state index contributed by atoms with van der Waals surface area (Å²) in [6, 6.07) is 5.27. The summed E-state index contributed by atoms with van der Waals surface area (Å²) in [4.78, 5) is 0.219. The van der Waals surface area contributed by atoms with Gasteiger partial charge < -0.3 is 5.73 Å². The van der Waals surface area contributed by atoms with Gasteiger partial charge in [0.15, 0.2) is 0 Å². The van der Waals surface area contributed by atoms with Crippen molar-refractivity contribution in [2.75, 3.05) is 19.6 Å². The van der Waals surface area contributed by atoms with Gasteiger partial charge in [-0.3, -0.25) is 0 Å². The third-order valence-electron chi connectivity index (χ3n) is 4.17. The Morgan fingerprint density at radius 1 is 1.41 bits per heavy atom. The van der Waals surface area contributed by atoms with Gasteiger partial charge in [0, 0.05) is 13.1 Å². The number of nitrogens with two attached hydrogens (primary N) is 1. The Balaban J connectivity index is 0.00000242. The number of rotatable bonds is 5. The molecule has 0 aromatic heterocycles. The molecule has 1 aromatic carbocycles. The molecule has 1 aliphatic heterocycles. The average molecular weight is 367 g/mol. The number of hydrogen-bond donors (Lipinski definition) is 1. The first-order valence-corrected chi connectivity index (χ1v) is 9.13. The third-order valence-corrected chi connectivity index (χ3v) is 6.49. The van der Waals surface area contributed by atoms with E-state index in [-0.39, 0.29) is 27.7 Å². The zero-order chi connectivity index (χ0) is 15.7. The van der Waals surface area contributed by atoms with Crippen molar-refractivity contribution in [1.29, 1.82) is 0 Å². The molecule has 2 N–H and O–H groups in total. The lowest BCUT2D eigenvalue weighted by molar-refractivity contribution is 0.349. The molecule has 1 saturated heterocycles. The molecule has 22 heavy (non-hydrogen) atoms. The predicted octanol–water partition coefficient (Wildman–Crippen LogP) is 3.07. The first-order chi connectivity index (χ1) is 9.82. The van der Waals surface area contributed by atoms with Crippen molar-refractivity contribution in [3.05, 3.63) is 28.8 Å². The third kappa shape index (κ3) is 3.95. The van der Waals surface area contributed by atoms with Crippen molar-refractivity contribution >= 4 is 34.0 Å². The van der Waals surface area contributed by atoms with Crippen LogP contribution < -0.4 is 5.73 Å². The molecule has 1 atom stereocenters. The number of aryl methyl sites for hydroxylation is 1. The molecule has 0 aliphatic carbocycles. The van der Waals surface area contributed by atoms with Crippen LogP contribution in [0.5, 0.6) is 0 Å². The molecule has 1 heterocycles. The summed E-state index contributed by atoms with van der Waals surface area (Å²) in [7, 11) is -3.55. The van der Waals surface area contributed by atoms with Gasteiger partial charge in [-0.15, -0.1) is 12.4 Å². The van der Waals surface area contributed by atoms with Gasteiger partial charge in [0.2, 0.25) is 10.0 Å². The number of hydrogen-bond acceptors (Lipinski definition) is 3. The molecule has 0 bridgehead atoms. The van der Waals surface area contributed by atoms with Crippen LogP contribution in [0.3, 0.4) is 0 Å². The van der Waals surface area contributed by atoms with Gasteiger partial charge in [0.25, 0.3) is 0 Å². The van der Waals surface area contributed by atoms with Crippen LogP contribution in [0.15, 0.2) is 23.1 Å². The Labute approximate surface area is 144 Å². The Bertz CT molecular complexity index is 622. The molecule has 2 rings (SSSR count). The second kappa shape index (κ2) is 7.49. The molecule has 126 valence electrons. The lowest BCUT2D eigenvalue weighted by Crippen LogP contribution is -2.34. The number of nitrogens with zero attached hydrogens (tertiary/aromatic N) is 1. The van der Waals surface area contributed by atoms with E-state index in [1.54, 1.807) is 12.1 Å². The molecule has 1 aliphatic rings. The van der Waals surface area contributed by atoms with E-state index in [2.05, 4.69) is 6.92 Å². The molecule has 1 unspecified atom stereocenters. The molecular formula is C15H24Cl2N2O2S. The maximum atomic E-state index is 12.8. The van der Waals surface area contributed by atoms with Gasteiger partial charge in [0.05, 0.1) is 5.02 Å². The van der Waals surface area contributed by atoms with Crippen LogP contribution in [0.25, 0.3) is 0 Å². The van der Waals surface area contributed by atoms with Crippen molar-refractivity contribution in [1.82, 2.24) is 4.31 Å². The summed E-state index contributed by atoms with van der Waals surface area (Å²) in [6.07, 6.45) is 2.60. The average Bonchev–Trinajstić information content (AvgIpc) is 2.85. The van der Waals surface area contributed by atoms with E-state index in [0.717, 1.165) is 24.8 Å². The normalized spacial score (nSPS) is 22.5. The van der Waals surface area contributed by atoms with E-state index in [1.165, 1.54) is 4.31 Å². The standard InChI is InChI=1S/C15H23ClN2O2S.ClH/c1-3-4-12-5-6-13(16)14(9-12)21(19,20)18-8-7-15(2,10-17)11-18;/h5-6,9H,3-4,7-8,10-11,17H2,1-2H3;1H. The van der Waals surface area contributed by atoms with Crippen LogP contribution in [-0.2, 0) is 16.4 Å². The monoisotopic (exact) mass is 366 g/mol. The van der Waals surface area contributed by atoms with Gasteiger partial charge in [-0.1, -0.05) is 37.9 Å². The van der Waals surface area contributed by atoms with Crippen LogP contribution >= 0.6 is 24.0 Å². The highest BCUT2D eigenvalue weighted by molar-refractivity contribution is 7.89. The Morgan fingerprint density at radius 2 is 2.09 bits per heavy atom. The first-order valence-electron chi connectivity index (χ1n) is 7.31. The van der Waals surface area contributed by atoms with Gasteiger partial charge in [-0.2, -0.15) is 4.31 Å². The molecule has 0 spiro atoms. The quantitative estimate of drug-likeness (QED) is 0.870. The molecule has 0 saturated carbocycles. The van der Waals surface area contributed by atoms with Crippen LogP contribution in [0.4, 0.5) is 0 Å². The van der Waals surface area contributed by atoms with Crippen molar-refractivity contribution in [2.24, 2.45) is 11.1 Å². The SMILES string of the molecule is CCCc1ccc(Cl)c(S(=O)(=O)N2CCC(C)(CN)C2)c1.Cl. The van der Waals surface area contributed by atoms with E-state index in [1.807, 2.05) is 13.0 Å². The van der Waals surface area contributed by atoms with Gasteiger partial charge in [0.1, 0.15) is 4.90 Å². The highest BCUT2D eigenvalue weighted by Crippen LogP contribution is 2.34. The largest absolute Gasteiger partial charge is 0.330 e. The summed E-state index contributed by atoms with van der Waals surface area (Å²) in [6.45, 7) is 5.54. The molecule has 0 radical (unpaired) electrons. The van der Waals surface area contributed by atoms with Gasteiger partial charge >= 0.3 is 0 Å². The second-order valence-electron chi connectivity index (χ2n) is 6.12. The number of sulfonamides is 1. The van der Waals surface area contributed by atoms with E-state index in [4.69, 9.17) is 17.3 Å². The minimum Gasteiger partial charge on any atom is -0.330 e. The second-order valence-corrected chi connectivity index (χ2v) is 8.43. The summed E-state index contributed by atoms with van der Waals surface area (Å²) in [5.74, 6) is 0. The molecule has 4 nitrogen and oxygen atoms in total. The van der Waals surface area contributed by atoms with Crippen LogP contribution in [-0.4, -0.2) is 32.4 Å². The van der Waals surface area contributed by atoms with Crippen molar-refractivity contribution < 1.29 is 8.42 Å². The minimum absolute atomic E-state index is 0. The zero-order valence-corrected chi connectivity index (χ0v) is 15.4. The van der Waals surface area contributed by atoms with Crippen molar-refractivity contribution in [3.8, 4) is 0 Å². The topological polar surface area (TPSA) is 63.4 Å². The van der Waals surface area contributed by atoms with E-state index in [0.29, 0.717) is 19.6 Å². The summed E-state index contributed by atoms with van der Waals surface area (Å²) in [5.41, 5.74) is 6.62. The van der Waals surface area contributed by atoms with Gasteiger partial charge in [-0.05, 0) is 42.5 Å².